The third-order valence-corrected chi connectivity index (χ3v) is 2.24. The van der Waals surface area contributed by atoms with Crippen LogP contribution in [0.5, 0.6) is 0 Å². The predicted octanol–water partition coefficient (Wildman–Crippen LogP) is 1.88. The lowest BCUT2D eigenvalue weighted by atomic mass is 10.2. The summed E-state index contributed by atoms with van der Waals surface area (Å²) >= 11 is 8.23. The second-order valence-corrected chi connectivity index (χ2v) is 3.83. The molecule has 0 aliphatic rings. The van der Waals surface area contributed by atoms with Gasteiger partial charge in [-0.3, -0.25) is 5.43 Å². The second kappa shape index (κ2) is 5.72. The predicted molar refractivity (Wildman–Crippen MR) is 66.5 cm³/mol. The molecule has 0 radical (unpaired) electrons. The summed E-state index contributed by atoms with van der Waals surface area (Å²) in [7, 11) is 1.74. The normalized spacial score (nSPS) is 10.1. The van der Waals surface area contributed by atoms with Crippen molar-refractivity contribution in [2.75, 3.05) is 7.05 Å². The molecule has 0 atom stereocenters. The highest BCUT2D eigenvalue weighted by molar-refractivity contribution is 9.10. The molecule has 14 heavy (non-hydrogen) atoms. The number of benzene rings is 1. The van der Waals surface area contributed by atoms with Gasteiger partial charge in [0.2, 0.25) is 0 Å². The molecular weight excluding hydrogens is 262 g/mol. The quantitative estimate of drug-likeness (QED) is 0.490. The molecule has 1 aromatic carbocycles. The van der Waals surface area contributed by atoms with Gasteiger partial charge in [-0.25, -0.2) is 0 Å². The van der Waals surface area contributed by atoms with Crippen molar-refractivity contribution in [3.05, 3.63) is 34.3 Å². The van der Waals surface area contributed by atoms with Crippen LogP contribution in [0.25, 0.3) is 0 Å². The van der Waals surface area contributed by atoms with Gasteiger partial charge < -0.3 is 5.32 Å². The Morgan fingerprint density at radius 3 is 3.00 bits per heavy atom. The van der Waals surface area contributed by atoms with Crippen LogP contribution in [-0.2, 0) is 0 Å². The summed E-state index contributed by atoms with van der Waals surface area (Å²) < 4.78 is 1.03. The van der Waals surface area contributed by atoms with Gasteiger partial charge in [-0.15, -0.1) is 0 Å². The molecule has 74 valence electrons. The third kappa shape index (κ3) is 3.85. The van der Waals surface area contributed by atoms with E-state index in [0.717, 1.165) is 10.0 Å². The monoisotopic (exact) mass is 271 g/mol. The SMILES string of the molecule is CNC(=S)N/N=C\c1cccc(Br)c1. The molecule has 3 nitrogen and oxygen atoms in total. The largest absolute Gasteiger partial charge is 0.364 e. The van der Waals surface area contributed by atoms with Crippen molar-refractivity contribution in [1.29, 1.82) is 0 Å². The fraction of sp³-hybridized carbons (Fsp3) is 0.111. The Hall–Kier alpha value is -0.940. The zero-order chi connectivity index (χ0) is 10.4. The molecule has 5 heteroatoms. The van der Waals surface area contributed by atoms with Crippen LogP contribution >= 0.6 is 28.1 Å². The van der Waals surface area contributed by atoms with Gasteiger partial charge in [0.15, 0.2) is 5.11 Å². The van der Waals surface area contributed by atoms with Gasteiger partial charge in [0.05, 0.1) is 6.21 Å². The van der Waals surface area contributed by atoms with Gasteiger partial charge in [0.25, 0.3) is 0 Å². The summed E-state index contributed by atoms with van der Waals surface area (Å²) in [5.74, 6) is 0. The first-order valence-corrected chi connectivity index (χ1v) is 5.19. The van der Waals surface area contributed by atoms with E-state index in [1.807, 2.05) is 24.3 Å². The maximum absolute atomic E-state index is 4.85. The lowest BCUT2D eigenvalue weighted by Crippen LogP contribution is -2.28. The number of nitrogens with zero attached hydrogens (tertiary/aromatic N) is 1. The van der Waals surface area contributed by atoms with E-state index in [4.69, 9.17) is 12.2 Å². The van der Waals surface area contributed by atoms with E-state index < -0.39 is 0 Å². The first kappa shape index (κ1) is 11.1. The van der Waals surface area contributed by atoms with E-state index in [-0.39, 0.29) is 0 Å². The number of hydrogen-bond donors (Lipinski definition) is 2. The first-order valence-electron chi connectivity index (χ1n) is 3.98. The zero-order valence-corrected chi connectivity index (χ0v) is 10.0. The van der Waals surface area contributed by atoms with E-state index in [2.05, 4.69) is 31.8 Å². The first-order chi connectivity index (χ1) is 6.72. The molecule has 0 unspecified atom stereocenters. The summed E-state index contributed by atoms with van der Waals surface area (Å²) in [5.41, 5.74) is 3.68. The van der Waals surface area contributed by atoms with Crippen molar-refractivity contribution in [3.63, 3.8) is 0 Å². The third-order valence-electron chi connectivity index (χ3n) is 1.46. The molecule has 0 spiro atoms. The van der Waals surface area contributed by atoms with E-state index in [1.54, 1.807) is 13.3 Å². The highest BCUT2D eigenvalue weighted by atomic mass is 79.9. The van der Waals surface area contributed by atoms with E-state index in [1.165, 1.54) is 0 Å². The Balaban J connectivity index is 2.56. The van der Waals surface area contributed by atoms with Crippen molar-refractivity contribution in [1.82, 2.24) is 10.7 Å². The maximum Gasteiger partial charge on any atom is 0.186 e. The van der Waals surface area contributed by atoms with Gasteiger partial charge in [0, 0.05) is 11.5 Å². The number of rotatable bonds is 2. The summed E-state index contributed by atoms with van der Waals surface area (Å²) in [4.78, 5) is 0. The number of nitrogens with one attached hydrogen (secondary N) is 2. The molecule has 0 bridgehead atoms. The van der Waals surface area contributed by atoms with Crippen molar-refractivity contribution >= 4 is 39.5 Å². The van der Waals surface area contributed by atoms with Crippen LogP contribution in [0.3, 0.4) is 0 Å². The molecule has 0 heterocycles. The molecule has 0 saturated carbocycles. The topological polar surface area (TPSA) is 36.4 Å². The molecular formula is C9H10BrN3S. The maximum atomic E-state index is 4.85. The van der Waals surface area contributed by atoms with E-state index in [9.17, 15) is 0 Å². The molecule has 0 aliphatic heterocycles. The minimum atomic E-state index is 0.497. The van der Waals surface area contributed by atoms with Crippen LogP contribution in [0.1, 0.15) is 5.56 Å². The Bertz CT molecular complexity index is 352. The molecule has 0 aromatic heterocycles. The molecule has 1 rings (SSSR count). The van der Waals surface area contributed by atoms with Crippen LogP contribution in [0, 0.1) is 0 Å². The van der Waals surface area contributed by atoms with Crippen LogP contribution in [0.15, 0.2) is 33.8 Å². The Kier molecular flexibility index (Phi) is 4.55. The number of hydrogen-bond acceptors (Lipinski definition) is 2. The van der Waals surface area contributed by atoms with Crippen LogP contribution in [0.2, 0.25) is 0 Å². The van der Waals surface area contributed by atoms with Crippen molar-refractivity contribution in [2.45, 2.75) is 0 Å². The number of thiocarbonyl (C=S) groups is 1. The fourth-order valence-electron chi connectivity index (χ4n) is 0.808. The summed E-state index contributed by atoms with van der Waals surface area (Å²) in [5, 5.41) is 7.21. The Morgan fingerprint density at radius 1 is 1.57 bits per heavy atom. The average molecular weight is 272 g/mol. The highest BCUT2D eigenvalue weighted by Gasteiger charge is 1.89. The highest BCUT2D eigenvalue weighted by Crippen LogP contribution is 2.09. The Labute approximate surface area is 96.7 Å². The summed E-state index contributed by atoms with van der Waals surface area (Å²) in [6.07, 6.45) is 1.70. The van der Waals surface area contributed by atoms with Crippen molar-refractivity contribution < 1.29 is 0 Å². The average Bonchev–Trinajstić information content (AvgIpc) is 2.17. The molecule has 0 saturated heterocycles. The number of halogens is 1. The zero-order valence-electron chi connectivity index (χ0n) is 7.62. The standard InChI is InChI=1S/C9H10BrN3S/c1-11-9(14)13-12-6-7-3-2-4-8(10)5-7/h2-6H,1H3,(H2,11,13,14)/b12-6-. The lowest BCUT2D eigenvalue weighted by molar-refractivity contribution is 0.982. The molecule has 0 fully saturated rings. The van der Waals surface area contributed by atoms with E-state index in [0.29, 0.717) is 5.11 Å². The Morgan fingerprint density at radius 2 is 2.36 bits per heavy atom. The minimum absolute atomic E-state index is 0.497. The summed E-state index contributed by atoms with van der Waals surface area (Å²) in [6, 6.07) is 7.83. The molecule has 1 aromatic rings. The van der Waals surface area contributed by atoms with Crippen LogP contribution in [-0.4, -0.2) is 18.4 Å². The van der Waals surface area contributed by atoms with Crippen molar-refractivity contribution in [2.24, 2.45) is 5.10 Å². The molecule has 2 N–H and O–H groups in total. The minimum Gasteiger partial charge on any atom is -0.364 e. The van der Waals surface area contributed by atoms with Crippen molar-refractivity contribution in [3.8, 4) is 0 Å². The fourth-order valence-corrected chi connectivity index (χ4v) is 1.28. The van der Waals surface area contributed by atoms with Crippen LogP contribution < -0.4 is 10.7 Å². The second-order valence-electron chi connectivity index (χ2n) is 2.50. The molecule has 0 amide bonds. The van der Waals surface area contributed by atoms with E-state index >= 15 is 0 Å². The van der Waals surface area contributed by atoms with Gasteiger partial charge in [0.1, 0.15) is 0 Å². The molecule has 0 aliphatic carbocycles. The van der Waals surface area contributed by atoms with Gasteiger partial charge in [-0.05, 0) is 29.9 Å². The smallest absolute Gasteiger partial charge is 0.186 e. The van der Waals surface area contributed by atoms with Gasteiger partial charge >= 0.3 is 0 Å². The lowest BCUT2D eigenvalue weighted by Gasteiger charge is -1.99. The summed E-state index contributed by atoms with van der Waals surface area (Å²) in [6.45, 7) is 0. The van der Waals surface area contributed by atoms with Gasteiger partial charge in [-0.1, -0.05) is 28.1 Å². The van der Waals surface area contributed by atoms with Gasteiger partial charge in [-0.2, -0.15) is 5.10 Å². The number of hydrazone groups is 1. The van der Waals surface area contributed by atoms with Crippen LogP contribution in [0.4, 0.5) is 0 Å².